The lowest BCUT2D eigenvalue weighted by Crippen LogP contribution is -2.53. The lowest BCUT2D eigenvalue weighted by atomic mass is 9.45. The van der Waals surface area contributed by atoms with Gasteiger partial charge in [0.25, 0.3) is 0 Å². The standard InChI is InChI=1S/C25H31Br/c1-4-5-6-7-8-18-10-12-22-21-11-9-19-17-20(26)13-15-25(19,3)23(21)14-16-24(18,22)2/h1,18-23H,9-17H2,2-3H3/t18?,19?,20-,21?,22?,23?,24-,25+/m1/s1. The largest absolute Gasteiger partial charge is 0.106 e. The number of alkyl halides is 1. The molecule has 0 radical (unpaired) electrons. The van der Waals surface area contributed by atoms with Crippen LogP contribution < -0.4 is 0 Å². The molecule has 0 spiro atoms. The van der Waals surface area contributed by atoms with Crippen LogP contribution in [-0.4, -0.2) is 4.83 Å². The Bertz CT molecular complexity index is 721. The zero-order valence-corrected chi connectivity index (χ0v) is 17.9. The molecule has 0 aromatic carbocycles. The van der Waals surface area contributed by atoms with Gasteiger partial charge in [-0.25, -0.2) is 0 Å². The van der Waals surface area contributed by atoms with Crippen LogP contribution in [0.3, 0.4) is 0 Å². The maximum absolute atomic E-state index is 5.21. The Morgan fingerprint density at radius 2 is 1.62 bits per heavy atom. The molecule has 0 heterocycles. The summed E-state index contributed by atoms with van der Waals surface area (Å²) in [5.74, 6) is 18.6. The monoisotopic (exact) mass is 410 g/mol. The van der Waals surface area contributed by atoms with Crippen molar-refractivity contribution in [3.8, 4) is 36.0 Å². The maximum Gasteiger partial charge on any atom is 0.0269 e. The predicted molar refractivity (Wildman–Crippen MR) is 112 cm³/mol. The number of hydrogen-bond donors (Lipinski definition) is 0. The molecule has 0 aromatic rings. The van der Waals surface area contributed by atoms with Crippen LogP contribution in [-0.2, 0) is 0 Å². The lowest BCUT2D eigenvalue weighted by Gasteiger charge is -2.60. The summed E-state index contributed by atoms with van der Waals surface area (Å²) < 4.78 is 0. The van der Waals surface area contributed by atoms with Gasteiger partial charge in [0.1, 0.15) is 0 Å². The van der Waals surface area contributed by atoms with Gasteiger partial charge in [0.05, 0.1) is 0 Å². The summed E-state index contributed by atoms with van der Waals surface area (Å²) in [6, 6.07) is 0. The third-order valence-electron chi connectivity index (χ3n) is 9.05. The molecule has 8 atom stereocenters. The summed E-state index contributed by atoms with van der Waals surface area (Å²) >= 11 is 3.92. The Kier molecular flexibility index (Phi) is 4.96. The summed E-state index contributed by atoms with van der Waals surface area (Å²) in [7, 11) is 0. The molecule has 0 amide bonds. The van der Waals surface area contributed by atoms with Crippen molar-refractivity contribution in [2.45, 2.75) is 76.5 Å². The Morgan fingerprint density at radius 3 is 2.42 bits per heavy atom. The lowest BCUT2D eigenvalue weighted by molar-refractivity contribution is -0.106. The summed E-state index contributed by atoms with van der Waals surface area (Å²) in [4.78, 5) is 0.765. The second-order valence-corrected chi connectivity index (χ2v) is 11.2. The van der Waals surface area contributed by atoms with E-state index in [1.165, 1.54) is 57.8 Å². The molecule has 138 valence electrons. The van der Waals surface area contributed by atoms with Crippen LogP contribution in [0.5, 0.6) is 0 Å². The molecule has 0 aromatic heterocycles. The van der Waals surface area contributed by atoms with E-state index in [1.807, 2.05) is 0 Å². The number of fused-ring (bicyclic) bond motifs is 5. The molecule has 0 bridgehead atoms. The molecule has 4 rings (SSSR count). The smallest absolute Gasteiger partial charge is 0.0269 e. The zero-order chi connectivity index (χ0) is 18.4. The Labute approximate surface area is 168 Å². The van der Waals surface area contributed by atoms with Gasteiger partial charge in [0.15, 0.2) is 0 Å². The van der Waals surface area contributed by atoms with Crippen molar-refractivity contribution >= 4 is 15.9 Å². The second kappa shape index (κ2) is 6.96. The van der Waals surface area contributed by atoms with Crippen molar-refractivity contribution in [1.29, 1.82) is 0 Å². The van der Waals surface area contributed by atoms with Crippen LogP contribution in [0, 0.1) is 76.4 Å². The fourth-order valence-electron chi connectivity index (χ4n) is 7.63. The van der Waals surface area contributed by atoms with Gasteiger partial charge in [0, 0.05) is 10.7 Å². The third kappa shape index (κ3) is 2.85. The van der Waals surface area contributed by atoms with Crippen LogP contribution in [0.25, 0.3) is 0 Å². The number of terminal acetylenes is 1. The van der Waals surface area contributed by atoms with Gasteiger partial charge in [-0.1, -0.05) is 35.7 Å². The molecular formula is C25H31Br. The van der Waals surface area contributed by atoms with E-state index in [0.29, 0.717) is 16.7 Å². The minimum Gasteiger partial charge on any atom is -0.106 e. The van der Waals surface area contributed by atoms with Gasteiger partial charge in [-0.2, -0.15) is 0 Å². The highest BCUT2D eigenvalue weighted by Gasteiger charge is 2.59. The van der Waals surface area contributed by atoms with Gasteiger partial charge in [-0.15, -0.1) is 6.42 Å². The number of rotatable bonds is 0. The molecule has 0 N–H and O–H groups in total. The van der Waals surface area contributed by atoms with Crippen LogP contribution in [0.15, 0.2) is 0 Å². The highest BCUT2D eigenvalue weighted by Crippen LogP contribution is 2.67. The average molecular weight is 411 g/mol. The first-order valence-electron chi connectivity index (χ1n) is 10.6. The zero-order valence-electron chi connectivity index (χ0n) is 16.3. The van der Waals surface area contributed by atoms with E-state index in [-0.39, 0.29) is 0 Å². The first kappa shape index (κ1) is 18.5. The Balaban J connectivity index is 1.56. The van der Waals surface area contributed by atoms with Crippen molar-refractivity contribution in [3.05, 3.63) is 0 Å². The van der Waals surface area contributed by atoms with E-state index in [2.05, 4.69) is 59.4 Å². The molecule has 1 heteroatoms. The van der Waals surface area contributed by atoms with Crippen molar-refractivity contribution in [1.82, 2.24) is 0 Å². The molecule has 4 saturated carbocycles. The van der Waals surface area contributed by atoms with E-state index in [4.69, 9.17) is 6.42 Å². The van der Waals surface area contributed by atoms with E-state index in [0.717, 1.165) is 28.5 Å². The molecule has 4 fully saturated rings. The normalized spacial score (nSPS) is 49.2. The van der Waals surface area contributed by atoms with E-state index in [1.54, 1.807) is 0 Å². The van der Waals surface area contributed by atoms with Crippen molar-refractivity contribution < 1.29 is 0 Å². The molecule has 0 aliphatic heterocycles. The quantitative estimate of drug-likeness (QED) is 0.336. The second-order valence-electron chi connectivity index (χ2n) is 9.87. The van der Waals surface area contributed by atoms with Crippen molar-refractivity contribution in [2.75, 3.05) is 0 Å². The third-order valence-corrected chi connectivity index (χ3v) is 9.88. The SMILES string of the molecule is C#CC#CC#CC1CCC2C3CCC4C[C@H](Br)CC[C@]4(C)C3CC[C@]12C. The molecule has 0 nitrogen and oxygen atoms in total. The van der Waals surface area contributed by atoms with Crippen molar-refractivity contribution in [3.63, 3.8) is 0 Å². The van der Waals surface area contributed by atoms with Gasteiger partial charge in [0.2, 0.25) is 0 Å². The highest BCUT2D eigenvalue weighted by molar-refractivity contribution is 9.09. The van der Waals surface area contributed by atoms with Gasteiger partial charge in [-0.05, 0) is 116 Å². The van der Waals surface area contributed by atoms with Crippen molar-refractivity contribution in [2.24, 2.45) is 40.4 Å². The molecule has 0 saturated heterocycles. The van der Waals surface area contributed by atoms with Crippen LogP contribution in [0.4, 0.5) is 0 Å². The summed E-state index contributed by atoms with van der Waals surface area (Å²) in [6.07, 6.45) is 17.8. The fraction of sp³-hybridized carbons (Fsp3) is 0.760. The van der Waals surface area contributed by atoms with Crippen LogP contribution in [0.1, 0.15) is 71.6 Å². The van der Waals surface area contributed by atoms with E-state index < -0.39 is 0 Å². The first-order chi connectivity index (χ1) is 12.5. The summed E-state index contributed by atoms with van der Waals surface area (Å²) in [6.45, 7) is 5.19. The van der Waals surface area contributed by atoms with Gasteiger partial charge in [-0.3, -0.25) is 0 Å². The van der Waals surface area contributed by atoms with Crippen LogP contribution in [0.2, 0.25) is 0 Å². The number of halogens is 1. The minimum atomic E-state index is 0.405. The van der Waals surface area contributed by atoms with Gasteiger partial charge < -0.3 is 0 Å². The average Bonchev–Trinajstić information content (AvgIpc) is 2.96. The fourth-order valence-corrected chi connectivity index (χ4v) is 8.31. The molecule has 5 unspecified atom stereocenters. The highest BCUT2D eigenvalue weighted by atomic mass is 79.9. The first-order valence-corrected chi connectivity index (χ1v) is 11.5. The number of hydrogen-bond acceptors (Lipinski definition) is 0. The molecule has 26 heavy (non-hydrogen) atoms. The van der Waals surface area contributed by atoms with E-state index in [9.17, 15) is 0 Å². The summed E-state index contributed by atoms with van der Waals surface area (Å²) in [5, 5.41) is 0. The Hall–Kier alpha value is -0.840. The van der Waals surface area contributed by atoms with Crippen LogP contribution >= 0.6 is 15.9 Å². The minimum absolute atomic E-state index is 0.405. The summed E-state index contributed by atoms with van der Waals surface area (Å²) in [5.41, 5.74) is 0.998. The Morgan fingerprint density at radius 1 is 0.846 bits per heavy atom. The topological polar surface area (TPSA) is 0 Å². The maximum atomic E-state index is 5.21. The van der Waals surface area contributed by atoms with E-state index >= 15 is 0 Å². The predicted octanol–water partition coefficient (Wildman–Crippen LogP) is 6.05. The molecular weight excluding hydrogens is 380 g/mol. The molecule has 4 aliphatic carbocycles. The molecule has 4 aliphatic rings. The van der Waals surface area contributed by atoms with Gasteiger partial charge >= 0.3 is 0 Å².